The van der Waals surface area contributed by atoms with Gasteiger partial charge in [0.15, 0.2) is 23.0 Å². The van der Waals surface area contributed by atoms with Crippen molar-refractivity contribution in [1.29, 1.82) is 0 Å². The van der Waals surface area contributed by atoms with Crippen LogP contribution in [-0.4, -0.2) is 42.7 Å². The number of hydrogen-bond donors (Lipinski definition) is 0. The van der Waals surface area contributed by atoms with Gasteiger partial charge in [0.05, 0.1) is 42.7 Å². The van der Waals surface area contributed by atoms with Gasteiger partial charge in [-0.3, -0.25) is 0 Å². The average Bonchev–Trinajstić information content (AvgIpc) is 2.92. The Bertz CT molecular complexity index is 1270. The van der Waals surface area contributed by atoms with E-state index in [4.69, 9.17) is 28.4 Å². The Morgan fingerprint density at radius 3 is 1.31 bits per heavy atom. The van der Waals surface area contributed by atoms with Gasteiger partial charge >= 0.3 is 0 Å². The predicted molar refractivity (Wildman–Crippen MR) is 137 cm³/mol. The maximum atomic E-state index is 5.84. The van der Waals surface area contributed by atoms with Crippen LogP contribution in [0, 0.1) is 0 Å². The van der Waals surface area contributed by atoms with Gasteiger partial charge in [0.25, 0.3) is 0 Å². The lowest BCUT2D eigenvalue weighted by Gasteiger charge is -2.25. The van der Waals surface area contributed by atoms with Crippen LogP contribution in [0.1, 0.15) is 22.6 Å². The zero-order valence-electron chi connectivity index (χ0n) is 20.9. The summed E-state index contributed by atoms with van der Waals surface area (Å²) in [5.74, 6) is 3.44. The van der Waals surface area contributed by atoms with Gasteiger partial charge in [-0.1, -0.05) is 42.5 Å². The van der Waals surface area contributed by atoms with Crippen molar-refractivity contribution in [2.24, 2.45) is 0 Å². The van der Waals surface area contributed by atoms with E-state index in [1.807, 2.05) is 36.4 Å². The van der Waals surface area contributed by atoms with Gasteiger partial charge in [-0.05, 0) is 28.5 Å². The van der Waals surface area contributed by atoms with Crippen LogP contribution in [0.3, 0.4) is 0 Å². The van der Waals surface area contributed by atoms with Crippen molar-refractivity contribution in [2.45, 2.75) is 5.92 Å². The van der Waals surface area contributed by atoms with E-state index >= 15 is 0 Å². The lowest BCUT2D eigenvalue weighted by Crippen LogP contribution is -2.09. The molecule has 0 spiro atoms. The lowest BCUT2D eigenvalue weighted by molar-refractivity contribution is 0.345. The van der Waals surface area contributed by atoms with Gasteiger partial charge in [0.1, 0.15) is 11.5 Å². The fourth-order valence-electron chi connectivity index (χ4n) is 4.47. The van der Waals surface area contributed by atoms with Crippen molar-refractivity contribution in [3.8, 4) is 34.5 Å². The summed E-state index contributed by atoms with van der Waals surface area (Å²) in [6.45, 7) is 0. The van der Waals surface area contributed by atoms with Gasteiger partial charge in [-0.2, -0.15) is 0 Å². The highest BCUT2D eigenvalue weighted by Crippen LogP contribution is 2.48. The first-order chi connectivity index (χ1) is 17.1. The van der Waals surface area contributed by atoms with Gasteiger partial charge in [0, 0.05) is 29.2 Å². The molecule has 35 heavy (non-hydrogen) atoms. The van der Waals surface area contributed by atoms with Crippen molar-refractivity contribution in [3.05, 3.63) is 83.4 Å². The molecule has 0 atom stereocenters. The third-order valence-electron chi connectivity index (χ3n) is 6.20. The largest absolute Gasteiger partial charge is 0.496 e. The molecule has 4 aromatic rings. The average molecular weight is 475 g/mol. The van der Waals surface area contributed by atoms with Crippen LogP contribution < -0.4 is 28.4 Å². The molecule has 0 unspecified atom stereocenters. The SMILES string of the molecule is COc1cc(OC)c(C(c2ccc3ccccc3c2)c2cc(OC)c(OC)cc2OC)cc1OC. The zero-order valence-corrected chi connectivity index (χ0v) is 20.9. The Kier molecular flexibility index (Phi) is 7.20. The van der Waals surface area contributed by atoms with Gasteiger partial charge < -0.3 is 28.4 Å². The Hall–Kier alpha value is -4.06. The molecule has 0 heterocycles. The molecule has 0 aromatic heterocycles. The summed E-state index contributed by atoms with van der Waals surface area (Å²) in [7, 11) is 9.75. The summed E-state index contributed by atoms with van der Waals surface area (Å²) in [6.07, 6.45) is 0. The molecule has 4 rings (SSSR count). The lowest BCUT2D eigenvalue weighted by atomic mass is 9.83. The smallest absolute Gasteiger partial charge is 0.164 e. The molecular formula is C29H30O6. The van der Waals surface area contributed by atoms with Crippen LogP contribution in [0.15, 0.2) is 66.7 Å². The number of rotatable bonds is 9. The zero-order chi connectivity index (χ0) is 24.9. The molecular weight excluding hydrogens is 444 g/mol. The normalized spacial score (nSPS) is 10.8. The Labute approximate surface area is 205 Å². The summed E-state index contributed by atoms with van der Waals surface area (Å²) < 4.78 is 34.0. The van der Waals surface area contributed by atoms with Crippen LogP contribution in [0.5, 0.6) is 34.5 Å². The van der Waals surface area contributed by atoms with Crippen molar-refractivity contribution in [1.82, 2.24) is 0 Å². The highest BCUT2D eigenvalue weighted by atomic mass is 16.5. The van der Waals surface area contributed by atoms with Crippen LogP contribution in [0.4, 0.5) is 0 Å². The third-order valence-corrected chi connectivity index (χ3v) is 6.20. The quantitative estimate of drug-likeness (QED) is 0.274. The number of methoxy groups -OCH3 is 6. The first kappa shape index (κ1) is 24.1. The Morgan fingerprint density at radius 1 is 0.429 bits per heavy atom. The second kappa shape index (κ2) is 10.5. The van der Waals surface area contributed by atoms with Gasteiger partial charge in [-0.15, -0.1) is 0 Å². The van der Waals surface area contributed by atoms with Crippen LogP contribution in [0.25, 0.3) is 10.8 Å². The molecule has 0 aliphatic rings. The van der Waals surface area contributed by atoms with Crippen LogP contribution in [0.2, 0.25) is 0 Å². The summed E-state index contributed by atoms with van der Waals surface area (Å²) in [5, 5.41) is 2.29. The molecule has 6 heteroatoms. The van der Waals surface area contributed by atoms with Gasteiger partial charge in [-0.25, -0.2) is 0 Å². The molecule has 6 nitrogen and oxygen atoms in total. The molecule has 182 valence electrons. The summed E-state index contributed by atoms with van der Waals surface area (Å²) in [4.78, 5) is 0. The molecule has 0 aliphatic carbocycles. The third kappa shape index (κ3) is 4.52. The van der Waals surface area contributed by atoms with Crippen molar-refractivity contribution < 1.29 is 28.4 Å². The molecule has 4 aromatic carbocycles. The molecule has 0 amide bonds. The second-order valence-corrected chi connectivity index (χ2v) is 7.94. The second-order valence-electron chi connectivity index (χ2n) is 7.94. The van der Waals surface area contributed by atoms with Crippen LogP contribution in [-0.2, 0) is 0 Å². The van der Waals surface area contributed by atoms with E-state index in [1.54, 1.807) is 42.7 Å². The highest BCUT2D eigenvalue weighted by Gasteiger charge is 2.28. The fraction of sp³-hybridized carbons (Fsp3) is 0.241. The monoisotopic (exact) mass is 474 g/mol. The maximum absolute atomic E-state index is 5.84. The minimum absolute atomic E-state index is 0.274. The first-order valence-corrected chi connectivity index (χ1v) is 11.2. The highest BCUT2D eigenvalue weighted by molar-refractivity contribution is 5.83. The summed E-state index contributed by atoms with van der Waals surface area (Å²) in [6, 6.07) is 22.3. The minimum atomic E-state index is -0.274. The number of hydrogen-bond acceptors (Lipinski definition) is 6. The van der Waals surface area contributed by atoms with Crippen molar-refractivity contribution in [2.75, 3.05) is 42.7 Å². The summed E-state index contributed by atoms with van der Waals surface area (Å²) >= 11 is 0. The van der Waals surface area contributed by atoms with E-state index in [0.29, 0.717) is 34.5 Å². The Balaban J connectivity index is 2.06. The molecule has 0 saturated heterocycles. The molecule has 0 radical (unpaired) electrons. The number of ether oxygens (including phenoxy) is 6. The van der Waals surface area contributed by atoms with E-state index in [-0.39, 0.29) is 5.92 Å². The fourth-order valence-corrected chi connectivity index (χ4v) is 4.47. The van der Waals surface area contributed by atoms with Crippen LogP contribution >= 0.6 is 0 Å². The van der Waals surface area contributed by atoms with Crippen molar-refractivity contribution >= 4 is 10.8 Å². The topological polar surface area (TPSA) is 55.4 Å². The van der Waals surface area contributed by atoms with Crippen molar-refractivity contribution in [3.63, 3.8) is 0 Å². The molecule has 0 N–H and O–H groups in total. The molecule has 0 fully saturated rings. The minimum Gasteiger partial charge on any atom is -0.496 e. The van der Waals surface area contributed by atoms with E-state index in [2.05, 4.69) is 30.3 Å². The predicted octanol–water partition coefficient (Wildman–Crippen LogP) is 6.07. The standard InChI is InChI=1S/C29H30O6/c1-30-23-16-27(34-5)25(32-3)14-21(23)29(20-12-11-18-9-7-8-10-19(18)13-20)22-15-26(33-4)28(35-6)17-24(22)31-2/h7-17,29H,1-6H3. The summed E-state index contributed by atoms with van der Waals surface area (Å²) in [5.41, 5.74) is 2.84. The first-order valence-electron chi connectivity index (χ1n) is 11.2. The van der Waals surface area contributed by atoms with Gasteiger partial charge in [0.2, 0.25) is 0 Å². The molecule has 0 saturated carbocycles. The Morgan fingerprint density at radius 2 is 0.857 bits per heavy atom. The van der Waals surface area contributed by atoms with E-state index in [9.17, 15) is 0 Å². The van der Waals surface area contributed by atoms with E-state index < -0.39 is 0 Å². The van der Waals surface area contributed by atoms with E-state index in [0.717, 1.165) is 27.5 Å². The number of benzene rings is 4. The number of fused-ring (bicyclic) bond motifs is 1. The maximum Gasteiger partial charge on any atom is 0.164 e. The molecule has 0 aliphatic heterocycles. The molecule has 0 bridgehead atoms. The van der Waals surface area contributed by atoms with E-state index in [1.165, 1.54) is 0 Å².